The van der Waals surface area contributed by atoms with E-state index in [0.717, 1.165) is 0 Å². The Morgan fingerprint density at radius 1 is 1.12 bits per heavy atom. The lowest BCUT2D eigenvalue weighted by Crippen LogP contribution is -2.22. The second-order valence-corrected chi connectivity index (χ2v) is 7.46. The number of hydrogen-bond donors (Lipinski definition) is 2. The molecule has 1 heterocycles. The van der Waals surface area contributed by atoms with Gasteiger partial charge in [-0.2, -0.15) is 0 Å². The molecule has 0 spiro atoms. The van der Waals surface area contributed by atoms with E-state index in [1.54, 1.807) is 38.1 Å². The summed E-state index contributed by atoms with van der Waals surface area (Å²) in [5.41, 5.74) is 0.970. The van der Waals surface area contributed by atoms with Crippen LogP contribution in [0.15, 0.2) is 56.6 Å². The number of rotatable bonds is 3. The van der Waals surface area contributed by atoms with E-state index >= 15 is 0 Å². The van der Waals surface area contributed by atoms with E-state index in [0.29, 0.717) is 22.1 Å². The quantitative estimate of drug-likeness (QED) is 0.684. The summed E-state index contributed by atoms with van der Waals surface area (Å²) >= 11 is 0. The van der Waals surface area contributed by atoms with E-state index in [4.69, 9.17) is 9.56 Å². The first-order chi connectivity index (χ1) is 12.2. The second kappa shape index (κ2) is 6.40. The summed E-state index contributed by atoms with van der Waals surface area (Å²) in [7, 11) is -3.93. The van der Waals surface area contributed by atoms with Crippen molar-refractivity contribution in [2.75, 3.05) is 5.32 Å². The summed E-state index contributed by atoms with van der Waals surface area (Å²) in [5, 5.41) is 8.33. The molecule has 8 heteroatoms. The highest BCUT2D eigenvalue weighted by atomic mass is 32.2. The molecule has 134 valence electrons. The van der Waals surface area contributed by atoms with E-state index in [2.05, 4.69) is 5.32 Å². The molecule has 0 fully saturated rings. The minimum Gasteiger partial charge on any atom is -0.422 e. The molecule has 2 aromatic carbocycles. The molecule has 0 radical (unpaired) electrons. The zero-order valence-electron chi connectivity index (χ0n) is 14.1. The molecule has 0 saturated heterocycles. The smallest absolute Gasteiger partial charge is 0.349 e. The van der Waals surface area contributed by atoms with E-state index in [1.165, 1.54) is 18.2 Å². The number of fused-ring (bicyclic) bond motifs is 1. The summed E-state index contributed by atoms with van der Waals surface area (Å²) in [4.78, 5) is 24.5. The van der Waals surface area contributed by atoms with Crippen LogP contribution in [0.2, 0.25) is 0 Å². The van der Waals surface area contributed by atoms with Crippen LogP contribution in [0.4, 0.5) is 5.69 Å². The highest BCUT2D eigenvalue weighted by Gasteiger charge is 2.18. The van der Waals surface area contributed by atoms with Gasteiger partial charge >= 0.3 is 5.63 Å². The molecule has 0 atom stereocenters. The molecule has 7 nitrogen and oxygen atoms in total. The molecule has 26 heavy (non-hydrogen) atoms. The zero-order valence-corrected chi connectivity index (χ0v) is 14.9. The van der Waals surface area contributed by atoms with Crippen LogP contribution < -0.4 is 16.1 Å². The Kier molecular flexibility index (Phi) is 4.39. The van der Waals surface area contributed by atoms with E-state index in [9.17, 15) is 18.0 Å². The third-order valence-electron chi connectivity index (χ3n) is 4.10. The van der Waals surface area contributed by atoms with Crippen LogP contribution >= 0.6 is 0 Å². The number of sulfonamides is 1. The van der Waals surface area contributed by atoms with Crippen molar-refractivity contribution in [3.05, 3.63) is 69.6 Å². The maximum absolute atomic E-state index is 12.6. The number of nitrogens with two attached hydrogens (primary N) is 1. The monoisotopic (exact) mass is 372 g/mol. The number of amides is 1. The van der Waals surface area contributed by atoms with Crippen LogP contribution in [0.25, 0.3) is 11.0 Å². The SMILES string of the molecule is Cc1cc(S(N)(=O)=O)cc(NC(=O)c2cc3ccccc3oc2=O)c1C. The topological polar surface area (TPSA) is 119 Å². The molecular weight excluding hydrogens is 356 g/mol. The van der Waals surface area contributed by atoms with E-state index in [-0.39, 0.29) is 16.1 Å². The van der Waals surface area contributed by atoms with Gasteiger partial charge in [-0.3, -0.25) is 4.79 Å². The molecular formula is C18H16N2O5S. The maximum atomic E-state index is 12.6. The van der Waals surface area contributed by atoms with Gasteiger partial charge in [-0.15, -0.1) is 0 Å². The van der Waals surface area contributed by atoms with Gasteiger partial charge in [0.2, 0.25) is 10.0 Å². The molecule has 0 bridgehead atoms. The van der Waals surface area contributed by atoms with Gasteiger partial charge in [0.1, 0.15) is 11.1 Å². The number of hydrogen-bond acceptors (Lipinski definition) is 5. The average molecular weight is 372 g/mol. The van der Waals surface area contributed by atoms with Crippen molar-refractivity contribution >= 4 is 32.6 Å². The molecule has 0 aliphatic carbocycles. The molecule has 0 aliphatic rings. The standard InChI is InChI=1S/C18H16N2O5S/c1-10-7-13(26(19,23)24)9-15(11(10)2)20-17(21)14-8-12-5-3-4-6-16(12)25-18(14)22/h3-9H,1-2H3,(H,20,21)(H2,19,23,24). The number of para-hydroxylation sites is 1. The predicted octanol–water partition coefficient (Wildman–Crippen LogP) is 2.31. The molecule has 0 saturated carbocycles. The maximum Gasteiger partial charge on any atom is 0.349 e. The Morgan fingerprint density at radius 2 is 1.81 bits per heavy atom. The Hall–Kier alpha value is -2.97. The molecule has 3 N–H and O–H groups in total. The Labute approximate surface area is 149 Å². The van der Waals surface area contributed by atoms with Crippen molar-refractivity contribution in [3.8, 4) is 0 Å². The van der Waals surface area contributed by atoms with Crippen LogP contribution in [-0.2, 0) is 10.0 Å². The van der Waals surface area contributed by atoms with Gasteiger partial charge in [-0.25, -0.2) is 18.4 Å². The minimum atomic E-state index is -3.93. The van der Waals surface area contributed by atoms with Crippen LogP contribution in [-0.4, -0.2) is 14.3 Å². The van der Waals surface area contributed by atoms with Crippen LogP contribution in [0, 0.1) is 13.8 Å². The molecule has 3 rings (SSSR count). The fourth-order valence-electron chi connectivity index (χ4n) is 2.53. The van der Waals surface area contributed by atoms with Crippen molar-refractivity contribution in [1.29, 1.82) is 0 Å². The number of primary sulfonamides is 1. The number of benzene rings is 2. The van der Waals surface area contributed by atoms with Crippen LogP contribution in [0.5, 0.6) is 0 Å². The predicted molar refractivity (Wildman–Crippen MR) is 97.7 cm³/mol. The highest BCUT2D eigenvalue weighted by molar-refractivity contribution is 7.89. The van der Waals surface area contributed by atoms with Crippen molar-refractivity contribution < 1.29 is 17.6 Å². The third-order valence-corrected chi connectivity index (χ3v) is 5.00. The molecule has 3 aromatic rings. The van der Waals surface area contributed by atoms with E-state index < -0.39 is 21.6 Å². The van der Waals surface area contributed by atoms with Gasteiger partial charge in [-0.05, 0) is 49.2 Å². The largest absolute Gasteiger partial charge is 0.422 e. The van der Waals surface area contributed by atoms with E-state index in [1.807, 2.05) is 0 Å². The van der Waals surface area contributed by atoms with Gasteiger partial charge in [0.25, 0.3) is 5.91 Å². The third kappa shape index (κ3) is 3.37. The summed E-state index contributed by atoms with van der Waals surface area (Å²) in [5.74, 6) is -0.696. The fraction of sp³-hybridized carbons (Fsp3) is 0.111. The first-order valence-electron chi connectivity index (χ1n) is 7.65. The van der Waals surface area contributed by atoms with Crippen LogP contribution in [0.3, 0.4) is 0 Å². The molecule has 1 amide bonds. The zero-order chi connectivity index (χ0) is 19.1. The van der Waals surface area contributed by atoms with Crippen LogP contribution in [0.1, 0.15) is 21.5 Å². The normalized spacial score (nSPS) is 11.5. The number of carbonyl (C=O) groups excluding carboxylic acids is 1. The van der Waals surface area contributed by atoms with Gasteiger partial charge in [0.15, 0.2) is 0 Å². The van der Waals surface area contributed by atoms with Crippen molar-refractivity contribution in [2.24, 2.45) is 5.14 Å². The second-order valence-electron chi connectivity index (χ2n) is 5.90. The minimum absolute atomic E-state index is 0.124. The average Bonchev–Trinajstić information content (AvgIpc) is 2.57. The fourth-order valence-corrected chi connectivity index (χ4v) is 3.15. The Balaban J connectivity index is 2.05. The van der Waals surface area contributed by atoms with Crippen molar-refractivity contribution in [1.82, 2.24) is 0 Å². The first kappa shape index (κ1) is 17.8. The summed E-state index contributed by atoms with van der Waals surface area (Å²) in [6, 6.07) is 10.9. The van der Waals surface area contributed by atoms with Crippen molar-refractivity contribution in [2.45, 2.75) is 18.7 Å². The van der Waals surface area contributed by atoms with Gasteiger partial charge < -0.3 is 9.73 Å². The first-order valence-corrected chi connectivity index (χ1v) is 9.20. The molecule has 0 aliphatic heterocycles. The highest BCUT2D eigenvalue weighted by Crippen LogP contribution is 2.24. The molecule has 0 unspecified atom stereocenters. The Morgan fingerprint density at radius 3 is 2.50 bits per heavy atom. The van der Waals surface area contributed by atoms with Gasteiger partial charge in [0.05, 0.1) is 4.90 Å². The lowest BCUT2D eigenvalue weighted by molar-refractivity contribution is 0.102. The number of aryl methyl sites for hydroxylation is 1. The number of carbonyl (C=O) groups is 1. The summed E-state index contributed by atoms with van der Waals surface area (Å²) in [6.45, 7) is 3.42. The van der Waals surface area contributed by atoms with Crippen molar-refractivity contribution in [3.63, 3.8) is 0 Å². The summed E-state index contributed by atoms with van der Waals surface area (Å²) in [6.07, 6.45) is 0. The number of nitrogens with one attached hydrogen (secondary N) is 1. The number of anilines is 1. The lowest BCUT2D eigenvalue weighted by Gasteiger charge is -2.12. The van der Waals surface area contributed by atoms with Gasteiger partial charge in [-0.1, -0.05) is 18.2 Å². The van der Waals surface area contributed by atoms with Gasteiger partial charge in [0, 0.05) is 11.1 Å². The Bertz CT molecular complexity index is 1200. The molecule has 1 aromatic heterocycles. The lowest BCUT2D eigenvalue weighted by atomic mass is 10.1. The summed E-state index contributed by atoms with van der Waals surface area (Å²) < 4.78 is 28.4.